The summed E-state index contributed by atoms with van der Waals surface area (Å²) in [6.07, 6.45) is 0.834. The van der Waals surface area contributed by atoms with E-state index in [0.29, 0.717) is 35.9 Å². The molecule has 0 aliphatic carbocycles. The molecule has 1 aliphatic rings. The van der Waals surface area contributed by atoms with Crippen LogP contribution in [0.25, 0.3) is 10.8 Å². The molecule has 0 saturated carbocycles. The number of nitrogens with zero attached hydrogens (tertiary/aromatic N) is 1. The molecule has 2 amide bonds. The lowest BCUT2D eigenvalue weighted by atomic mass is 9.93. The second kappa shape index (κ2) is 9.14. The van der Waals surface area contributed by atoms with E-state index in [1.54, 1.807) is 17.0 Å². The standard InChI is InChI=1S/C27H30N2O4/c1-5-15-29-21-13-12-19(16-23(21)33-17-27(3,4)26(29)31)28-25(30)24-20-10-8-7-9-18(20)11-14-22(24)32-6-2/h7-14,16H,5-6,15,17H2,1-4H3,(H,28,30). The second-order valence-electron chi connectivity index (χ2n) is 8.86. The number of rotatable bonds is 6. The van der Waals surface area contributed by atoms with E-state index in [1.807, 2.05) is 70.2 Å². The van der Waals surface area contributed by atoms with E-state index in [-0.39, 0.29) is 18.4 Å². The van der Waals surface area contributed by atoms with Gasteiger partial charge in [0.15, 0.2) is 0 Å². The van der Waals surface area contributed by atoms with Crippen LogP contribution >= 0.6 is 0 Å². The van der Waals surface area contributed by atoms with Gasteiger partial charge in [-0.2, -0.15) is 0 Å². The first kappa shape index (κ1) is 22.6. The summed E-state index contributed by atoms with van der Waals surface area (Å²) in [4.78, 5) is 28.2. The van der Waals surface area contributed by atoms with Gasteiger partial charge in [0.2, 0.25) is 5.91 Å². The number of benzene rings is 3. The van der Waals surface area contributed by atoms with Gasteiger partial charge in [-0.3, -0.25) is 9.59 Å². The van der Waals surface area contributed by atoms with Crippen molar-refractivity contribution in [3.63, 3.8) is 0 Å². The third-order valence-electron chi connectivity index (χ3n) is 5.79. The Balaban J connectivity index is 1.69. The van der Waals surface area contributed by atoms with Crippen molar-refractivity contribution in [2.75, 3.05) is 30.0 Å². The van der Waals surface area contributed by atoms with E-state index in [1.165, 1.54) is 0 Å². The number of carbonyl (C=O) groups excluding carboxylic acids is 2. The number of nitrogens with one attached hydrogen (secondary N) is 1. The average Bonchev–Trinajstić information content (AvgIpc) is 2.89. The number of amides is 2. The maximum atomic E-state index is 13.4. The van der Waals surface area contributed by atoms with Crippen molar-refractivity contribution in [1.29, 1.82) is 0 Å². The van der Waals surface area contributed by atoms with Gasteiger partial charge >= 0.3 is 0 Å². The molecule has 3 aromatic rings. The zero-order chi connectivity index (χ0) is 23.6. The summed E-state index contributed by atoms with van der Waals surface area (Å²) in [6.45, 7) is 9.06. The van der Waals surface area contributed by atoms with E-state index in [9.17, 15) is 9.59 Å². The number of hydrogen-bond acceptors (Lipinski definition) is 4. The van der Waals surface area contributed by atoms with Crippen molar-refractivity contribution in [3.05, 3.63) is 60.2 Å². The molecule has 33 heavy (non-hydrogen) atoms. The lowest BCUT2D eigenvalue weighted by molar-refractivity contribution is -0.127. The fraction of sp³-hybridized carbons (Fsp3) is 0.333. The maximum Gasteiger partial charge on any atom is 0.260 e. The maximum absolute atomic E-state index is 13.4. The summed E-state index contributed by atoms with van der Waals surface area (Å²) in [6, 6.07) is 17.0. The topological polar surface area (TPSA) is 67.9 Å². The van der Waals surface area contributed by atoms with Crippen LogP contribution in [0, 0.1) is 5.41 Å². The number of anilines is 2. The van der Waals surface area contributed by atoms with Crippen LogP contribution < -0.4 is 19.7 Å². The number of carbonyl (C=O) groups is 2. The molecule has 1 N–H and O–H groups in total. The summed E-state index contributed by atoms with van der Waals surface area (Å²) < 4.78 is 11.8. The molecule has 0 radical (unpaired) electrons. The van der Waals surface area contributed by atoms with Crippen LogP contribution in [0.15, 0.2) is 54.6 Å². The largest absolute Gasteiger partial charge is 0.493 e. The Hall–Kier alpha value is -3.54. The van der Waals surface area contributed by atoms with Crippen molar-refractivity contribution in [2.45, 2.75) is 34.1 Å². The zero-order valence-corrected chi connectivity index (χ0v) is 19.6. The van der Waals surface area contributed by atoms with Gasteiger partial charge in [0.25, 0.3) is 5.91 Å². The molecule has 3 aromatic carbocycles. The predicted molar refractivity (Wildman–Crippen MR) is 131 cm³/mol. The molecule has 1 heterocycles. The highest BCUT2D eigenvalue weighted by molar-refractivity contribution is 6.15. The molecular formula is C27H30N2O4. The molecular weight excluding hydrogens is 416 g/mol. The molecule has 0 fully saturated rings. The van der Waals surface area contributed by atoms with Gasteiger partial charge in [0.05, 0.1) is 23.3 Å². The minimum Gasteiger partial charge on any atom is -0.493 e. The van der Waals surface area contributed by atoms with E-state index in [4.69, 9.17) is 9.47 Å². The first-order valence-corrected chi connectivity index (χ1v) is 11.4. The normalized spacial score (nSPS) is 14.9. The average molecular weight is 447 g/mol. The molecule has 6 nitrogen and oxygen atoms in total. The fourth-order valence-electron chi connectivity index (χ4n) is 4.13. The summed E-state index contributed by atoms with van der Waals surface area (Å²) in [5, 5.41) is 4.79. The van der Waals surface area contributed by atoms with Crippen LogP contribution in [0.1, 0.15) is 44.5 Å². The van der Waals surface area contributed by atoms with Crippen LogP contribution in [0.4, 0.5) is 11.4 Å². The van der Waals surface area contributed by atoms with Crippen molar-refractivity contribution in [1.82, 2.24) is 0 Å². The van der Waals surface area contributed by atoms with E-state index in [2.05, 4.69) is 5.32 Å². The Morgan fingerprint density at radius 1 is 1.12 bits per heavy atom. The summed E-state index contributed by atoms with van der Waals surface area (Å²) in [5.74, 6) is 0.909. The summed E-state index contributed by atoms with van der Waals surface area (Å²) in [5.41, 5.74) is 1.19. The van der Waals surface area contributed by atoms with Crippen LogP contribution in [0.5, 0.6) is 11.5 Å². The molecule has 6 heteroatoms. The molecule has 1 aliphatic heterocycles. The van der Waals surface area contributed by atoms with Crippen molar-refractivity contribution < 1.29 is 19.1 Å². The Morgan fingerprint density at radius 3 is 2.67 bits per heavy atom. The van der Waals surface area contributed by atoms with E-state index >= 15 is 0 Å². The molecule has 0 saturated heterocycles. The van der Waals surface area contributed by atoms with Gasteiger partial charge in [-0.05, 0) is 56.2 Å². The van der Waals surface area contributed by atoms with Crippen LogP contribution in [-0.4, -0.2) is 31.6 Å². The molecule has 172 valence electrons. The monoisotopic (exact) mass is 446 g/mol. The predicted octanol–water partition coefficient (Wildman–Crippen LogP) is 5.65. The highest BCUT2D eigenvalue weighted by Gasteiger charge is 2.37. The van der Waals surface area contributed by atoms with Crippen molar-refractivity contribution in [2.24, 2.45) is 5.41 Å². The Kier molecular flexibility index (Phi) is 6.27. The van der Waals surface area contributed by atoms with Gasteiger partial charge in [-0.15, -0.1) is 0 Å². The van der Waals surface area contributed by atoms with Gasteiger partial charge in [-0.1, -0.05) is 37.3 Å². The quantitative estimate of drug-likeness (QED) is 0.531. The van der Waals surface area contributed by atoms with Gasteiger partial charge < -0.3 is 19.7 Å². The van der Waals surface area contributed by atoms with Crippen LogP contribution in [0.2, 0.25) is 0 Å². The third kappa shape index (κ3) is 4.38. The van der Waals surface area contributed by atoms with Crippen LogP contribution in [0.3, 0.4) is 0 Å². The third-order valence-corrected chi connectivity index (χ3v) is 5.79. The molecule has 0 bridgehead atoms. The molecule has 0 aromatic heterocycles. The first-order valence-electron chi connectivity index (χ1n) is 11.4. The first-order chi connectivity index (χ1) is 15.9. The Labute approximate surface area is 194 Å². The fourth-order valence-corrected chi connectivity index (χ4v) is 4.13. The van der Waals surface area contributed by atoms with E-state index in [0.717, 1.165) is 22.9 Å². The van der Waals surface area contributed by atoms with E-state index < -0.39 is 5.41 Å². The number of ether oxygens (including phenoxy) is 2. The smallest absolute Gasteiger partial charge is 0.260 e. The molecule has 0 spiro atoms. The Bertz CT molecular complexity index is 1200. The molecule has 4 rings (SSSR count). The summed E-state index contributed by atoms with van der Waals surface area (Å²) in [7, 11) is 0. The SMILES string of the molecule is CCCN1C(=O)C(C)(C)COc2cc(NC(=O)c3c(OCC)ccc4ccccc34)ccc21. The highest BCUT2D eigenvalue weighted by atomic mass is 16.5. The minimum atomic E-state index is -0.632. The number of fused-ring (bicyclic) bond motifs is 2. The second-order valence-corrected chi connectivity index (χ2v) is 8.86. The number of hydrogen-bond donors (Lipinski definition) is 1. The highest BCUT2D eigenvalue weighted by Crippen LogP contribution is 2.38. The Morgan fingerprint density at radius 2 is 1.91 bits per heavy atom. The van der Waals surface area contributed by atoms with Crippen molar-refractivity contribution in [3.8, 4) is 11.5 Å². The minimum absolute atomic E-state index is 0.0389. The zero-order valence-electron chi connectivity index (χ0n) is 19.6. The molecule has 0 atom stereocenters. The lowest BCUT2D eigenvalue weighted by Gasteiger charge is -2.27. The lowest BCUT2D eigenvalue weighted by Crippen LogP contribution is -2.42. The van der Waals surface area contributed by atoms with Gasteiger partial charge in [0, 0.05) is 18.3 Å². The van der Waals surface area contributed by atoms with Crippen LogP contribution in [-0.2, 0) is 4.79 Å². The molecule has 0 unspecified atom stereocenters. The van der Waals surface area contributed by atoms with Gasteiger partial charge in [0.1, 0.15) is 18.1 Å². The van der Waals surface area contributed by atoms with Crippen molar-refractivity contribution >= 4 is 34.0 Å². The summed E-state index contributed by atoms with van der Waals surface area (Å²) >= 11 is 0. The van der Waals surface area contributed by atoms with Gasteiger partial charge in [-0.25, -0.2) is 0 Å².